The summed E-state index contributed by atoms with van der Waals surface area (Å²) >= 11 is 0. The second-order valence-electron chi connectivity index (χ2n) is 8.70. The molecule has 1 aromatic heterocycles. The van der Waals surface area contributed by atoms with Crippen molar-refractivity contribution in [2.24, 2.45) is 5.92 Å². The van der Waals surface area contributed by atoms with Gasteiger partial charge in [0.1, 0.15) is 23.9 Å². The minimum absolute atomic E-state index is 0.0716. The van der Waals surface area contributed by atoms with Crippen LogP contribution >= 0.6 is 0 Å². The van der Waals surface area contributed by atoms with E-state index in [2.05, 4.69) is 16.7 Å². The third-order valence-electron chi connectivity index (χ3n) is 6.50. The fourth-order valence-electron chi connectivity index (χ4n) is 4.62. The Balaban J connectivity index is 1.27. The number of hydrogen-bond donors (Lipinski definition) is 0. The van der Waals surface area contributed by atoms with Gasteiger partial charge in [-0.2, -0.15) is 0 Å². The average Bonchev–Trinajstić information content (AvgIpc) is 3.25. The van der Waals surface area contributed by atoms with Crippen LogP contribution in [0, 0.1) is 5.92 Å². The van der Waals surface area contributed by atoms with E-state index in [0.29, 0.717) is 23.8 Å². The number of aromatic nitrogens is 2. The molecule has 0 radical (unpaired) electrons. The number of hydrogen-bond acceptors (Lipinski definition) is 4. The summed E-state index contributed by atoms with van der Waals surface area (Å²) in [6.45, 7) is 2.80. The number of carbonyl (C=O) groups is 1. The molecule has 3 aromatic carbocycles. The zero-order valence-corrected chi connectivity index (χ0v) is 19.4. The molecule has 0 N–H and O–H groups in total. The Bertz CT molecular complexity index is 1260. The van der Waals surface area contributed by atoms with Crippen molar-refractivity contribution in [3.8, 4) is 11.5 Å². The quantitative estimate of drug-likeness (QED) is 0.386. The lowest BCUT2D eigenvalue weighted by Gasteiger charge is -2.32. The maximum absolute atomic E-state index is 13.0. The minimum atomic E-state index is 0.0716. The van der Waals surface area contributed by atoms with Gasteiger partial charge in [-0.1, -0.05) is 36.4 Å². The molecule has 34 heavy (non-hydrogen) atoms. The van der Waals surface area contributed by atoms with Crippen molar-refractivity contribution in [1.82, 2.24) is 14.5 Å². The Morgan fingerprint density at radius 1 is 0.941 bits per heavy atom. The molecule has 2 heterocycles. The van der Waals surface area contributed by atoms with Crippen LogP contribution in [0.5, 0.6) is 11.5 Å². The molecular weight excluding hydrogens is 426 g/mol. The zero-order chi connectivity index (χ0) is 23.3. The van der Waals surface area contributed by atoms with Crippen molar-refractivity contribution in [1.29, 1.82) is 0 Å². The number of fused-ring (bicyclic) bond motifs is 1. The lowest BCUT2D eigenvalue weighted by atomic mass is 9.96. The molecule has 5 rings (SSSR count). The number of methoxy groups -OCH3 is 1. The molecule has 4 aromatic rings. The van der Waals surface area contributed by atoms with E-state index in [-0.39, 0.29) is 5.91 Å². The van der Waals surface area contributed by atoms with Gasteiger partial charge in [-0.15, -0.1) is 0 Å². The number of rotatable bonds is 7. The van der Waals surface area contributed by atoms with Gasteiger partial charge < -0.3 is 18.9 Å². The summed E-state index contributed by atoms with van der Waals surface area (Å²) in [7, 11) is 1.62. The van der Waals surface area contributed by atoms with Crippen molar-refractivity contribution >= 4 is 16.9 Å². The number of ether oxygens (including phenoxy) is 2. The van der Waals surface area contributed by atoms with E-state index in [1.807, 2.05) is 71.6 Å². The maximum atomic E-state index is 13.0. The number of carbonyl (C=O) groups excluding carboxylic acids is 1. The van der Waals surface area contributed by atoms with Gasteiger partial charge in [-0.25, -0.2) is 4.98 Å². The molecule has 0 spiro atoms. The second-order valence-corrected chi connectivity index (χ2v) is 8.70. The standard InChI is InChI=1S/C28H29N3O3/c1-33-24-11-7-8-22(18-24)28(32)30-16-14-21(15-17-30)19-31-26-13-6-5-12-25(26)29-27(31)20-34-23-9-3-2-4-10-23/h2-13,18,21H,14-17,19-20H2,1H3. The van der Waals surface area contributed by atoms with E-state index in [1.165, 1.54) is 0 Å². The molecule has 6 heteroatoms. The Morgan fingerprint density at radius 2 is 1.68 bits per heavy atom. The highest BCUT2D eigenvalue weighted by Crippen LogP contribution is 2.26. The van der Waals surface area contributed by atoms with E-state index in [4.69, 9.17) is 14.5 Å². The Labute approximate surface area is 199 Å². The first-order chi connectivity index (χ1) is 16.7. The van der Waals surface area contributed by atoms with Gasteiger partial charge in [0.05, 0.1) is 18.1 Å². The molecule has 174 valence electrons. The van der Waals surface area contributed by atoms with Gasteiger partial charge in [0.25, 0.3) is 5.91 Å². The van der Waals surface area contributed by atoms with Gasteiger partial charge >= 0.3 is 0 Å². The van der Waals surface area contributed by atoms with Crippen LogP contribution in [0.25, 0.3) is 11.0 Å². The molecule has 0 bridgehead atoms. The number of nitrogens with zero attached hydrogens (tertiary/aromatic N) is 3. The van der Waals surface area contributed by atoms with E-state index in [0.717, 1.165) is 55.1 Å². The number of para-hydroxylation sites is 3. The summed E-state index contributed by atoms with van der Waals surface area (Å²) in [5, 5.41) is 0. The zero-order valence-electron chi connectivity index (χ0n) is 19.4. The summed E-state index contributed by atoms with van der Waals surface area (Å²) in [6.07, 6.45) is 1.92. The lowest BCUT2D eigenvalue weighted by Crippen LogP contribution is -2.39. The number of piperidine rings is 1. The Morgan fingerprint density at radius 3 is 2.47 bits per heavy atom. The third kappa shape index (κ3) is 4.76. The second kappa shape index (κ2) is 10.00. The SMILES string of the molecule is COc1cccc(C(=O)N2CCC(Cn3c(COc4ccccc4)nc4ccccc43)CC2)c1. The van der Waals surface area contributed by atoms with Crippen LogP contribution in [-0.2, 0) is 13.2 Å². The molecule has 1 aliphatic rings. The average molecular weight is 456 g/mol. The van der Waals surface area contributed by atoms with Crippen molar-refractivity contribution in [2.45, 2.75) is 26.0 Å². The van der Waals surface area contributed by atoms with Gasteiger partial charge in [0.2, 0.25) is 0 Å². The summed E-state index contributed by atoms with van der Waals surface area (Å²) in [4.78, 5) is 19.8. The van der Waals surface area contributed by atoms with E-state index in [1.54, 1.807) is 7.11 Å². The smallest absolute Gasteiger partial charge is 0.253 e. The lowest BCUT2D eigenvalue weighted by molar-refractivity contribution is 0.0682. The van der Waals surface area contributed by atoms with Crippen molar-refractivity contribution in [3.63, 3.8) is 0 Å². The molecule has 0 saturated carbocycles. The first kappa shape index (κ1) is 22.0. The van der Waals surface area contributed by atoms with E-state index >= 15 is 0 Å². The highest BCUT2D eigenvalue weighted by molar-refractivity contribution is 5.94. The molecular formula is C28H29N3O3. The summed E-state index contributed by atoms with van der Waals surface area (Å²) in [6, 6.07) is 25.5. The number of imidazole rings is 1. The molecule has 0 unspecified atom stereocenters. The van der Waals surface area contributed by atoms with Gasteiger partial charge in [-0.05, 0) is 61.2 Å². The van der Waals surface area contributed by atoms with E-state index < -0.39 is 0 Å². The van der Waals surface area contributed by atoms with Crippen LogP contribution in [0.4, 0.5) is 0 Å². The first-order valence-corrected chi connectivity index (χ1v) is 11.8. The summed E-state index contributed by atoms with van der Waals surface area (Å²) in [5.41, 5.74) is 2.79. The summed E-state index contributed by atoms with van der Waals surface area (Å²) in [5.74, 6) is 3.02. The van der Waals surface area contributed by atoms with Crippen LogP contribution < -0.4 is 9.47 Å². The predicted molar refractivity (Wildman–Crippen MR) is 132 cm³/mol. The number of benzene rings is 3. The maximum Gasteiger partial charge on any atom is 0.253 e. The first-order valence-electron chi connectivity index (χ1n) is 11.8. The van der Waals surface area contributed by atoms with Crippen LogP contribution in [-0.4, -0.2) is 40.6 Å². The summed E-state index contributed by atoms with van der Waals surface area (Å²) < 4.78 is 13.6. The molecule has 0 atom stereocenters. The number of amides is 1. The van der Waals surface area contributed by atoms with Crippen molar-refractivity contribution in [3.05, 3.63) is 90.3 Å². The Kier molecular flexibility index (Phi) is 6.47. The Hall–Kier alpha value is -3.80. The van der Waals surface area contributed by atoms with Gasteiger partial charge in [0, 0.05) is 25.2 Å². The molecule has 6 nitrogen and oxygen atoms in total. The molecule has 1 amide bonds. The largest absolute Gasteiger partial charge is 0.497 e. The molecule has 1 aliphatic heterocycles. The third-order valence-corrected chi connectivity index (χ3v) is 6.50. The normalized spacial score (nSPS) is 14.3. The molecule has 1 saturated heterocycles. The van der Waals surface area contributed by atoms with Crippen molar-refractivity contribution < 1.29 is 14.3 Å². The number of likely N-dealkylation sites (tertiary alicyclic amines) is 1. The highest BCUT2D eigenvalue weighted by Gasteiger charge is 2.25. The monoisotopic (exact) mass is 455 g/mol. The van der Waals surface area contributed by atoms with Crippen LogP contribution in [0.2, 0.25) is 0 Å². The van der Waals surface area contributed by atoms with Crippen LogP contribution in [0.15, 0.2) is 78.9 Å². The fourth-order valence-corrected chi connectivity index (χ4v) is 4.62. The van der Waals surface area contributed by atoms with Gasteiger partial charge in [0.15, 0.2) is 0 Å². The van der Waals surface area contributed by atoms with Crippen molar-refractivity contribution in [2.75, 3.05) is 20.2 Å². The van der Waals surface area contributed by atoms with Crippen LogP contribution in [0.1, 0.15) is 29.0 Å². The molecule has 1 fully saturated rings. The topological polar surface area (TPSA) is 56.6 Å². The van der Waals surface area contributed by atoms with Crippen LogP contribution in [0.3, 0.4) is 0 Å². The molecule has 0 aliphatic carbocycles. The minimum Gasteiger partial charge on any atom is -0.497 e. The van der Waals surface area contributed by atoms with E-state index in [9.17, 15) is 4.79 Å². The predicted octanol–water partition coefficient (Wildman–Crippen LogP) is 5.18. The highest BCUT2D eigenvalue weighted by atomic mass is 16.5. The fraction of sp³-hybridized carbons (Fsp3) is 0.286. The van der Waals surface area contributed by atoms with Gasteiger partial charge in [-0.3, -0.25) is 4.79 Å².